The molecule has 0 aliphatic rings. The average Bonchev–Trinajstić information content (AvgIpc) is 2.30. The van der Waals surface area contributed by atoms with Gasteiger partial charge in [0.1, 0.15) is 11.6 Å². The number of benzene rings is 2. The summed E-state index contributed by atoms with van der Waals surface area (Å²) in [5.74, 6) is -1.04. The van der Waals surface area contributed by atoms with Gasteiger partial charge in [0.25, 0.3) is 0 Å². The first-order valence-electron chi connectivity index (χ1n) is 4.72. The van der Waals surface area contributed by atoms with E-state index < -0.39 is 11.6 Å². The predicted molar refractivity (Wildman–Crippen MR) is 62.0 cm³/mol. The molecule has 4 heteroatoms. The molecule has 0 bridgehead atoms. The molecular weight excluding hydrogens is 233 g/mol. The maximum absolute atomic E-state index is 12.6. The average molecular weight is 241 g/mol. The summed E-state index contributed by atoms with van der Waals surface area (Å²) in [4.78, 5) is 11.8. The van der Waals surface area contributed by atoms with Crippen molar-refractivity contribution in [3.05, 3.63) is 71.3 Å². The number of carbonyl (C=O) groups excluding carboxylic acids is 1. The molecule has 0 aliphatic heterocycles. The second kappa shape index (κ2) is 6.05. The van der Waals surface area contributed by atoms with Crippen molar-refractivity contribution in [1.82, 2.24) is 0 Å². The van der Waals surface area contributed by atoms with Gasteiger partial charge in [-0.1, -0.05) is 0 Å². The van der Waals surface area contributed by atoms with E-state index in [4.69, 9.17) is 0 Å². The van der Waals surface area contributed by atoms with Crippen molar-refractivity contribution in [2.45, 2.75) is 0 Å². The molecule has 0 amide bonds. The monoisotopic (exact) mass is 241 g/mol. The summed E-state index contributed by atoms with van der Waals surface area (Å²) < 4.78 is 25.3. The summed E-state index contributed by atoms with van der Waals surface area (Å²) in [5.41, 5.74) is 0.765. The summed E-state index contributed by atoms with van der Waals surface area (Å²) in [7, 11) is 0. The fourth-order valence-electron chi connectivity index (χ4n) is 1.37. The summed E-state index contributed by atoms with van der Waals surface area (Å²) >= 11 is 0. The van der Waals surface area contributed by atoms with Crippen molar-refractivity contribution in [2.75, 3.05) is 0 Å². The molecule has 0 spiro atoms. The third-order valence-electron chi connectivity index (χ3n) is 2.21. The number of carbonyl (C=O) groups is 1. The molecule has 0 saturated carbocycles. The van der Waals surface area contributed by atoms with Gasteiger partial charge in [0, 0.05) is 40.7 Å². The van der Waals surface area contributed by atoms with E-state index in [2.05, 4.69) is 0 Å². The Bertz CT molecular complexity index is 458. The van der Waals surface area contributed by atoms with Gasteiger partial charge in [0.2, 0.25) is 0 Å². The molecule has 0 unspecified atom stereocenters. The van der Waals surface area contributed by atoms with Crippen LogP contribution in [0, 0.1) is 11.6 Å². The maximum atomic E-state index is 12.6. The summed E-state index contributed by atoms with van der Waals surface area (Å²) in [5, 5.41) is 0. The van der Waals surface area contributed by atoms with E-state index in [0.717, 1.165) is 0 Å². The SMILES string of the molecule is O=C(c1ccc(F)cc1)c1ccc(F)cc1.[Na]. The van der Waals surface area contributed by atoms with Gasteiger partial charge in [-0.05, 0) is 48.5 Å². The molecule has 0 N–H and O–H groups in total. The van der Waals surface area contributed by atoms with E-state index in [0.29, 0.717) is 11.1 Å². The number of halogens is 2. The minimum atomic E-state index is -0.393. The van der Waals surface area contributed by atoms with E-state index in [1.165, 1.54) is 48.5 Å². The third kappa shape index (κ3) is 3.46. The molecule has 2 aromatic rings. The van der Waals surface area contributed by atoms with E-state index in [-0.39, 0.29) is 35.3 Å². The largest absolute Gasteiger partial charge is 0.289 e. The zero-order valence-electron chi connectivity index (χ0n) is 9.28. The maximum Gasteiger partial charge on any atom is 0.193 e. The topological polar surface area (TPSA) is 17.1 Å². The normalized spacial score (nSPS) is 9.53. The minimum Gasteiger partial charge on any atom is -0.289 e. The molecule has 1 nitrogen and oxygen atoms in total. The van der Waals surface area contributed by atoms with Crippen LogP contribution in [-0.2, 0) is 0 Å². The molecule has 81 valence electrons. The van der Waals surface area contributed by atoms with Crippen molar-refractivity contribution in [1.29, 1.82) is 0 Å². The van der Waals surface area contributed by atoms with Crippen LogP contribution < -0.4 is 0 Å². The van der Waals surface area contributed by atoms with Gasteiger partial charge in [0.05, 0.1) is 0 Å². The van der Waals surface area contributed by atoms with Gasteiger partial charge in [-0.3, -0.25) is 4.79 Å². The molecule has 0 heterocycles. The number of rotatable bonds is 2. The molecule has 0 fully saturated rings. The van der Waals surface area contributed by atoms with Gasteiger partial charge in [-0.15, -0.1) is 0 Å². The van der Waals surface area contributed by atoms with Gasteiger partial charge < -0.3 is 0 Å². The van der Waals surface area contributed by atoms with Crippen LogP contribution in [0.4, 0.5) is 8.78 Å². The summed E-state index contributed by atoms with van der Waals surface area (Å²) in [6, 6.07) is 10.5. The minimum absolute atomic E-state index is 0. The van der Waals surface area contributed by atoms with Crippen LogP contribution in [0.25, 0.3) is 0 Å². The Morgan fingerprint density at radius 3 is 1.29 bits per heavy atom. The Balaban J connectivity index is 0.00000144. The zero-order chi connectivity index (χ0) is 11.5. The molecule has 0 aromatic heterocycles. The van der Waals surface area contributed by atoms with Crippen LogP contribution in [0.1, 0.15) is 15.9 Å². The fraction of sp³-hybridized carbons (Fsp3) is 0. The Labute approximate surface area is 120 Å². The molecule has 2 rings (SSSR count). The second-order valence-electron chi connectivity index (χ2n) is 3.34. The second-order valence-corrected chi connectivity index (χ2v) is 3.34. The molecule has 2 aromatic carbocycles. The Morgan fingerprint density at radius 1 is 0.706 bits per heavy atom. The number of ketones is 1. The van der Waals surface area contributed by atoms with Crippen molar-refractivity contribution >= 4 is 35.3 Å². The van der Waals surface area contributed by atoms with E-state index in [1.54, 1.807) is 0 Å². The van der Waals surface area contributed by atoms with E-state index in [1.807, 2.05) is 0 Å². The Hall–Kier alpha value is -1.03. The van der Waals surface area contributed by atoms with Gasteiger partial charge in [-0.2, -0.15) is 0 Å². The van der Waals surface area contributed by atoms with Crippen molar-refractivity contribution in [3.63, 3.8) is 0 Å². The van der Waals surface area contributed by atoms with Crippen LogP contribution in [-0.4, -0.2) is 35.3 Å². The molecular formula is C13H8F2NaO. The third-order valence-corrected chi connectivity index (χ3v) is 2.21. The van der Waals surface area contributed by atoms with Gasteiger partial charge in [0.15, 0.2) is 5.78 Å². The number of hydrogen-bond acceptors (Lipinski definition) is 1. The predicted octanol–water partition coefficient (Wildman–Crippen LogP) is 2.82. The molecule has 0 aliphatic carbocycles. The summed E-state index contributed by atoms with van der Waals surface area (Å²) in [6.45, 7) is 0. The molecule has 0 saturated heterocycles. The standard InChI is InChI=1S/C13H8F2O.Na/c14-11-5-1-9(2-6-11)13(16)10-3-7-12(15)8-4-10;/h1-8H;. The first kappa shape index (κ1) is 14.0. The van der Waals surface area contributed by atoms with Gasteiger partial charge >= 0.3 is 0 Å². The van der Waals surface area contributed by atoms with Crippen molar-refractivity contribution in [3.8, 4) is 0 Å². The van der Waals surface area contributed by atoms with Crippen molar-refractivity contribution < 1.29 is 13.6 Å². The van der Waals surface area contributed by atoms with Crippen LogP contribution in [0.3, 0.4) is 0 Å². The van der Waals surface area contributed by atoms with E-state index >= 15 is 0 Å². The molecule has 1 radical (unpaired) electrons. The van der Waals surface area contributed by atoms with Crippen LogP contribution >= 0.6 is 0 Å². The first-order valence-corrected chi connectivity index (χ1v) is 4.72. The summed E-state index contributed by atoms with van der Waals surface area (Å²) in [6.07, 6.45) is 0. The Morgan fingerprint density at radius 2 is 1.00 bits per heavy atom. The fourth-order valence-corrected chi connectivity index (χ4v) is 1.37. The zero-order valence-corrected chi connectivity index (χ0v) is 11.3. The van der Waals surface area contributed by atoms with Crippen molar-refractivity contribution in [2.24, 2.45) is 0 Å². The first-order chi connectivity index (χ1) is 7.66. The Kier molecular flexibility index (Phi) is 5.00. The van der Waals surface area contributed by atoms with Crippen LogP contribution in [0.2, 0.25) is 0 Å². The molecule has 0 atom stereocenters. The number of hydrogen-bond donors (Lipinski definition) is 0. The van der Waals surface area contributed by atoms with E-state index in [9.17, 15) is 13.6 Å². The molecule has 17 heavy (non-hydrogen) atoms. The van der Waals surface area contributed by atoms with Gasteiger partial charge in [-0.25, -0.2) is 8.78 Å². The van der Waals surface area contributed by atoms with Crippen LogP contribution in [0.5, 0.6) is 0 Å². The quantitative estimate of drug-likeness (QED) is 0.583. The smallest absolute Gasteiger partial charge is 0.193 e. The van der Waals surface area contributed by atoms with Crippen LogP contribution in [0.15, 0.2) is 48.5 Å².